The van der Waals surface area contributed by atoms with Crippen LogP contribution in [-0.2, 0) is 9.53 Å². The predicted octanol–water partition coefficient (Wildman–Crippen LogP) is 3.91. The number of fused-ring (bicyclic) bond motifs is 1. The molecule has 3 aromatic rings. The van der Waals surface area contributed by atoms with Crippen LogP contribution in [0.25, 0.3) is 12.2 Å². The minimum absolute atomic E-state index is 0.165. The van der Waals surface area contributed by atoms with Gasteiger partial charge in [-0.05, 0) is 43.9 Å². The van der Waals surface area contributed by atoms with Crippen LogP contribution in [0.5, 0.6) is 0 Å². The van der Waals surface area contributed by atoms with Crippen molar-refractivity contribution in [3.05, 3.63) is 95.3 Å². The zero-order valence-electron chi connectivity index (χ0n) is 17.4. The molecule has 3 heterocycles. The Labute approximate surface area is 188 Å². The topological polar surface area (TPSA) is 60.7 Å². The fourth-order valence-corrected chi connectivity index (χ4v) is 5.22. The summed E-state index contributed by atoms with van der Waals surface area (Å²) >= 11 is 2.83. The Hall–Kier alpha value is -3.03. The van der Waals surface area contributed by atoms with Gasteiger partial charge in [-0.1, -0.05) is 59.9 Å². The average Bonchev–Trinajstić information content (AvgIpc) is 3.36. The summed E-state index contributed by atoms with van der Waals surface area (Å²) in [4.78, 5) is 32.3. The number of ether oxygens (including phenoxy) is 1. The molecule has 0 fully saturated rings. The van der Waals surface area contributed by atoms with Crippen LogP contribution in [0.2, 0.25) is 0 Å². The van der Waals surface area contributed by atoms with E-state index >= 15 is 0 Å². The van der Waals surface area contributed by atoms with Crippen molar-refractivity contribution in [2.24, 2.45) is 4.99 Å². The molecule has 1 aromatic carbocycles. The Kier molecular flexibility index (Phi) is 6.15. The van der Waals surface area contributed by atoms with Crippen molar-refractivity contribution < 1.29 is 9.53 Å². The second-order valence-corrected chi connectivity index (χ2v) is 9.33. The van der Waals surface area contributed by atoms with Crippen molar-refractivity contribution >= 4 is 40.8 Å². The maximum atomic E-state index is 13.3. The van der Waals surface area contributed by atoms with E-state index in [-0.39, 0.29) is 11.7 Å². The average molecular weight is 451 g/mol. The quantitative estimate of drug-likeness (QED) is 0.554. The Morgan fingerprint density at radius 2 is 1.97 bits per heavy atom. The summed E-state index contributed by atoms with van der Waals surface area (Å²) in [5.41, 5.74) is 1.88. The van der Waals surface area contributed by atoms with Gasteiger partial charge in [0.25, 0.3) is 5.56 Å². The van der Waals surface area contributed by atoms with Crippen LogP contribution in [0.1, 0.15) is 37.3 Å². The highest BCUT2D eigenvalue weighted by Crippen LogP contribution is 2.33. The second kappa shape index (κ2) is 8.99. The maximum absolute atomic E-state index is 13.3. The maximum Gasteiger partial charge on any atom is 0.338 e. The lowest BCUT2D eigenvalue weighted by Gasteiger charge is -2.24. The van der Waals surface area contributed by atoms with Crippen molar-refractivity contribution in [3.8, 4) is 0 Å². The van der Waals surface area contributed by atoms with Crippen LogP contribution in [0, 0.1) is 0 Å². The monoisotopic (exact) mass is 450 g/mol. The van der Waals surface area contributed by atoms with Crippen LogP contribution in [0.15, 0.2) is 75.0 Å². The summed E-state index contributed by atoms with van der Waals surface area (Å²) in [6, 6.07) is 13.2. The molecule has 0 radical (unpaired) electrons. The van der Waals surface area contributed by atoms with E-state index in [1.54, 1.807) is 17.6 Å². The number of thiophene rings is 1. The zero-order valence-corrected chi connectivity index (χ0v) is 19.1. The third-order valence-corrected chi connectivity index (χ3v) is 6.66. The molecule has 0 aliphatic carbocycles. The van der Waals surface area contributed by atoms with Gasteiger partial charge >= 0.3 is 5.97 Å². The van der Waals surface area contributed by atoms with Crippen molar-refractivity contribution in [2.45, 2.75) is 32.9 Å². The Balaban J connectivity index is 1.82. The van der Waals surface area contributed by atoms with Gasteiger partial charge in [-0.2, -0.15) is 0 Å². The van der Waals surface area contributed by atoms with Crippen molar-refractivity contribution in [3.63, 3.8) is 0 Å². The van der Waals surface area contributed by atoms with E-state index in [0.29, 0.717) is 20.6 Å². The number of hydrogen-bond donors (Lipinski definition) is 0. The molecule has 1 unspecified atom stereocenters. The smallest absolute Gasteiger partial charge is 0.338 e. The molecule has 31 heavy (non-hydrogen) atoms. The summed E-state index contributed by atoms with van der Waals surface area (Å²) in [5.74, 6) is -0.437. The van der Waals surface area contributed by atoms with Crippen molar-refractivity contribution in [2.75, 3.05) is 0 Å². The van der Waals surface area contributed by atoms with Crippen molar-refractivity contribution in [1.82, 2.24) is 4.57 Å². The SMILES string of the molecule is CC1=C(C(=O)OC(C)C)C(c2cccs2)n2c(s/c(=C/C=C/c3ccccc3)c2=O)=N1. The number of aromatic nitrogens is 1. The number of benzene rings is 1. The number of carbonyl (C=O) groups is 1. The molecular weight excluding hydrogens is 428 g/mol. The van der Waals surface area contributed by atoms with Crippen LogP contribution in [0.3, 0.4) is 0 Å². The van der Waals surface area contributed by atoms with Gasteiger partial charge in [-0.3, -0.25) is 9.36 Å². The van der Waals surface area contributed by atoms with E-state index in [2.05, 4.69) is 4.99 Å². The van der Waals surface area contributed by atoms with Gasteiger partial charge in [0.1, 0.15) is 6.04 Å². The first kappa shape index (κ1) is 21.2. The zero-order chi connectivity index (χ0) is 22.0. The molecular formula is C24H22N2O3S2. The number of esters is 1. The van der Waals surface area contributed by atoms with Gasteiger partial charge in [0, 0.05) is 4.88 Å². The first-order valence-corrected chi connectivity index (χ1v) is 11.6. The van der Waals surface area contributed by atoms with E-state index in [1.807, 2.05) is 73.8 Å². The van der Waals surface area contributed by atoms with E-state index < -0.39 is 12.0 Å². The Morgan fingerprint density at radius 3 is 2.65 bits per heavy atom. The number of nitrogens with zero attached hydrogens (tertiary/aromatic N) is 2. The van der Waals surface area contributed by atoms with E-state index in [1.165, 1.54) is 22.7 Å². The molecule has 0 saturated heterocycles. The molecule has 0 N–H and O–H groups in total. The Bertz CT molecular complexity index is 1330. The normalized spacial score (nSPS) is 16.6. The second-order valence-electron chi connectivity index (χ2n) is 7.34. The van der Waals surface area contributed by atoms with Gasteiger partial charge in [0.2, 0.25) is 0 Å². The number of rotatable bonds is 5. The number of allylic oxidation sites excluding steroid dienone is 2. The summed E-state index contributed by atoms with van der Waals surface area (Å²) < 4.78 is 7.66. The molecule has 0 spiro atoms. The lowest BCUT2D eigenvalue weighted by atomic mass is 10.0. The molecule has 1 aliphatic rings. The van der Waals surface area contributed by atoms with Crippen molar-refractivity contribution in [1.29, 1.82) is 0 Å². The molecule has 0 saturated carbocycles. The predicted molar refractivity (Wildman–Crippen MR) is 126 cm³/mol. The van der Waals surface area contributed by atoms with Crippen LogP contribution in [-0.4, -0.2) is 16.6 Å². The van der Waals surface area contributed by atoms with Crippen LogP contribution in [0.4, 0.5) is 0 Å². The number of thiazole rings is 1. The fraction of sp³-hybridized carbons (Fsp3) is 0.208. The molecule has 4 rings (SSSR count). The largest absolute Gasteiger partial charge is 0.459 e. The van der Waals surface area contributed by atoms with Gasteiger partial charge in [0.15, 0.2) is 4.80 Å². The van der Waals surface area contributed by atoms with Gasteiger partial charge < -0.3 is 4.74 Å². The standard InChI is InChI=1S/C24H22N2O3S2/c1-15(2)29-23(28)20-16(3)25-24-26(21(20)18-13-8-14-30-18)22(27)19(31-24)12-7-11-17-9-5-4-6-10-17/h4-15,21H,1-3H3/b11-7+,19-12+. The van der Waals surface area contributed by atoms with Gasteiger partial charge in [-0.25, -0.2) is 9.79 Å². The third kappa shape index (κ3) is 4.38. The molecule has 1 aliphatic heterocycles. The number of hydrogen-bond acceptors (Lipinski definition) is 6. The molecule has 5 nitrogen and oxygen atoms in total. The molecule has 0 amide bonds. The minimum atomic E-state index is -0.539. The highest BCUT2D eigenvalue weighted by molar-refractivity contribution is 7.10. The first-order chi connectivity index (χ1) is 15.0. The summed E-state index contributed by atoms with van der Waals surface area (Å²) in [6.07, 6.45) is 5.35. The molecule has 2 aromatic heterocycles. The minimum Gasteiger partial charge on any atom is -0.459 e. The molecule has 7 heteroatoms. The third-order valence-electron chi connectivity index (χ3n) is 4.73. The fourth-order valence-electron chi connectivity index (χ4n) is 3.40. The summed E-state index contributed by atoms with van der Waals surface area (Å²) in [7, 11) is 0. The van der Waals surface area contributed by atoms with E-state index in [4.69, 9.17) is 4.74 Å². The summed E-state index contributed by atoms with van der Waals surface area (Å²) in [6.45, 7) is 5.41. The van der Waals surface area contributed by atoms with Gasteiger partial charge in [0.05, 0.1) is 21.9 Å². The highest BCUT2D eigenvalue weighted by Gasteiger charge is 2.34. The molecule has 0 bridgehead atoms. The van der Waals surface area contributed by atoms with Gasteiger partial charge in [-0.15, -0.1) is 11.3 Å². The Morgan fingerprint density at radius 1 is 1.19 bits per heavy atom. The van der Waals surface area contributed by atoms with E-state index in [9.17, 15) is 9.59 Å². The van der Waals surface area contributed by atoms with Crippen LogP contribution >= 0.6 is 22.7 Å². The number of carbonyl (C=O) groups excluding carboxylic acids is 1. The van der Waals surface area contributed by atoms with E-state index in [0.717, 1.165) is 10.4 Å². The molecule has 1 atom stereocenters. The highest BCUT2D eigenvalue weighted by atomic mass is 32.1. The summed E-state index contributed by atoms with van der Waals surface area (Å²) in [5, 5.41) is 1.94. The first-order valence-electron chi connectivity index (χ1n) is 9.94. The lowest BCUT2D eigenvalue weighted by molar-refractivity contribution is -0.143. The van der Waals surface area contributed by atoms with Crippen LogP contribution < -0.4 is 14.9 Å². The lowest BCUT2D eigenvalue weighted by Crippen LogP contribution is -2.39. The molecule has 158 valence electrons.